The van der Waals surface area contributed by atoms with Crippen LogP contribution in [0.5, 0.6) is 0 Å². The number of oxazole rings is 1. The first-order valence-electron chi connectivity index (χ1n) is 7.47. The van der Waals surface area contributed by atoms with Crippen molar-refractivity contribution in [2.24, 2.45) is 0 Å². The van der Waals surface area contributed by atoms with E-state index in [2.05, 4.69) is 10.3 Å². The largest absolute Gasteiger partial charge is 0.441 e. The highest BCUT2D eigenvalue weighted by molar-refractivity contribution is 6.36. The molecular formula is C18H13Cl2FN2O2. The Hall–Kier alpha value is -2.37. The van der Waals surface area contributed by atoms with Crippen molar-refractivity contribution in [3.63, 3.8) is 0 Å². The van der Waals surface area contributed by atoms with Gasteiger partial charge in [-0.05, 0) is 30.3 Å². The summed E-state index contributed by atoms with van der Waals surface area (Å²) in [5, 5.41) is 3.55. The van der Waals surface area contributed by atoms with Crippen molar-refractivity contribution >= 4 is 34.8 Å². The summed E-state index contributed by atoms with van der Waals surface area (Å²) in [6.07, 6.45) is 1.88. The molecule has 1 heterocycles. The molecule has 0 aliphatic carbocycles. The van der Waals surface area contributed by atoms with E-state index in [-0.39, 0.29) is 24.6 Å². The van der Waals surface area contributed by atoms with E-state index in [4.69, 9.17) is 27.6 Å². The molecule has 0 saturated heterocycles. The van der Waals surface area contributed by atoms with Gasteiger partial charge in [-0.2, -0.15) is 0 Å². The van der Waals surface area contributed by atoms with Gasteiger partial charge in [-0.15, -0.1) is 0 Å². The van der Waals surface area contributed by atoms with Gasteiger partial charge in [0.2, 0.25) is 5.91 Å². The lowest BCUT2D eigenvalue weighted by molar-refractivity contribution is -0.116. The normalized spacial score (nSPS) is 10.7. The van der Waals surface area contributed by atoms with Gasteiger partial charge in [0.15, 0.2) is 11.7 Å². The molecule has 0 fully saturated rings. The highest BCUT2D eigenvalue weighted by atomic mass is 35.5. The molecule has 0 unspecified atom stereocenters. The molecule has 7 heteroatoms. The maximum Gasteiger partial charge on any atom is 0.224 e. The summed E-state index contributed by atoms with van der Waals surface area (Å²) in [4.78, 5) is 16.1. The second kappa shape index (κ2) is 7.68. The maximum atomic E-state index is 13.7. The van der Waals surface area contributed by atoms with Gasteiger partial charge in [0, 0.05) is 17.9 Å². The molecule has 3 rings (SSSR count). The third kappa shape index (κ3) is 4.38. The van der Waals surface area contributed by atoms with Crippen molar-refractivity contribution in [2.75, 3.05) is 5.32 Å². The average molecular weight is 379 g/mol. The zero-order chi connectivity index (χ0) is 17.8. The monoisotopic (exact) mass is 378 g/mol. The van der Waals surface area contributed by atoms with E-state index in [9.17, 15) is 9.18 Å². The van der Waals surface area contributed by atoms with Gasteiger partial charge in [0.05, 0.1) is 22.5 Å². The molecule has 0 radical (unpaired) electrons. The quantitative estimate of drug-likeness (QED) is 0.650. The SMILES string of the molecule is O=C(CCc1ncc(-c2ccccc2F)o1)Nc1ccc(Cl)cc1Cl. The summed E-state index contributed by atoms with van der Waals surface area (Å²) in [7, 11) is 0. The molecule has 1 amide bonds. The van der Waals surface area contributed by atoms with Crippen LogP contribution in [-0.2, 0) is 11.2 Å². The number of hydrogen-bond donors (Lipinski definition) is 1. The molecule has 128 valence electrons. The number of nitrogens with zero attached hydrogens (tertiary/aromatic N) is 1. The van der Waals surface area contributed by atoms with Crippen LogP contribution in [0.4, 0.5) is 10.1 Å². The van der Waals surface area contributed by atoms with Gasteiger partial charge in [0.25, 0.3) is 0 Å². The Morgan fingerprint density at radius 2 is 2.00 bits per heavy atom. The van der Waals surface area contributed by atoms with Crippen molar-refractivity contribution in [1.29, 1.82) is 0 Å². The number of anilines is 1. The van der Waals surface area contributed by atoms with Gasteiger partial charge in [-0.3, -0.25) is 4.79 Å². The van der Waals surface area contributed by atoms with Crippen molar-refractivity contribution in [3.8, 4) is 11.3 Å². The van der Waals surface area contributed by atoms with Gasteiger partial charge >= 0.3 is 0 Å². The molecule has 1 N–H and O–H groups in total. The van der Waals surface area contributed by atoms with Crippen LogP contribution in [0.1, 0.15) is 12.3 Å². The lowest BCUT2D eigenvalue weighted by atomic mass is 10.2. The Bertz CT molecular complexity index is 912. The standard InChI is InChI=1S/C18H13Cl2FN2O2/c19-11-5-6-15(13(20)9-11)23-17(24)7-8-18-22-10-16(25-18)12-3-1-2-4-14(12)21/h1-6,9-10H,7-8H2,(H,23,24). The lowest BCUT2D eigenvalue weighted by Crippen LogP contribution is -2.12. The van der Waals surface area contributed by atoms with Crippen LogP contribution in [0.3, 0.4) is 0 Å². The fourth-order valence-electron chi connectivity index (χ4n) is 2.24. The summed E-state index contributed by atoms with van der Waals surface area (Å²) in [5.41, 5.74) is 0.814. The number of carbonyl (C=O) groups excluding carboxylic acids is 1. The third-order valence-corrected chi connectivity index (χ3v) is 4.01. The minimum atomic E-state index is -0.389. The second-order valence-electron chi connectivity index (χ2n) is 5.27. The lowest BCUT2D eigenvalue weighted by Gasteiger charge is -2.06. The molecular weight excluding hydrogens is 366 g/mol. The fourth-order valence-corrected chi connectivity index (χ4v) is 2.69. The van der Waals surface area contributed by atoms with E-state index in [1.54, 1.807) is 36.4 Å². The van der Waals surface area contributed by atoms with E-state index >= 15 is 0 Å². The van der Waals surface area contributed by atoms with Crippen LogP contribution >= 0.6 is 23.2 Å². The molecule has 0 aliphatic rings. The predicted octanol–water partition coefficient (Wildman–Crippen LogP) is 5.36. The average Bonchev–Trinajstić information content (AvgIpc) is 3.05. The first-order valence-corrected chi connectivity index (χ1v) is 8.23. The van der Waals surface area contributed by atoms with Crippen molar-refractivity contribution in [3.05, 3.63) is 70.4 Å². The second-order valence-corrected chi connectivity index (χ2v) is 6.11. The zero-order valence-corrected chi connectivity index (χ0v) is 14.4. The molecule has 0 aliphatic heterocycles. The number of nitrogens with one attached hydrogen (secondary N) is 1. The van der Waals surface area contributed by atoms with E-state index in [0.29, 0.717) is 32.9 Å². The summed E-state index contributed by atoms with van der Waals surface area (Å²) in [5.74, 6) is 0.0556. The Balaban J connectivity index is 1.60. The highest BCUT2D eigenvalue weighted by Gasteiger charge is 2.12. The number of rotatable bonds is 5. The van der Waals surface area contributed by atoms with E-state index in [0.717, 1.165) is 0 Å². The molecule has 0 bridgehead atoms. The van der Waals surface area contributed by atoms with Crippen LogP contribution in [0, 0.1) is 5.82 Å². The number of benzene rings is 2. The molecule has 0 spiro atoms. The first-order chi connectivity index (χ1) is 12.0. The van der Waals surface area contributed by atoms with Crippen LogP contribution in [0.15, 0.2) is 53.1 Å². The Labute approximate surface area is 153 Å². The molecule has 3 aromatic rings. The zero-order valence-electron chi connectivity index (χ0n) is 12.9. The van der Waals surface area contributed by atoms with Crippen molar-refractivity contribution in [1.82, 2.24) is 4.98 Å². The summed E-state index contributed by atoms with van der Waals surface area (Å²) in [6.45, 7) is 0. The van der Waals surface area contributed by atoms with Gasteiger partial charge in [-0.1, -0.05) is 35.3 Å². The number of carbonyl (C=O) groups is 1. The minimum absolute atomic E-state index is 0.149. The summed E-state index contributed by atoms with van der Waals surface area (Å²) in [6, 6.07) is 11.1. The van der Waals surface area contributed by atoms with Crippen LogP contribution in [-0.4, -0.2) is 10.9 Å². The van der Waals surface area contributed by atoms with Crippen LogP contribution in [0.2, 0.25) is 10.0 Å². The fraction of sp³-hybridized carbons (Fsp3) is 0.111. The number of hydrogen-bond acceptors (Lipinski definition) is 3. The molecule has 2 aromatic carbocycles. The van der Waals surface area contributed by atoms with E-state index < -0.39 is 0 Å². The van der Waals surface area contributed by atoms with Crippen LogP contribution < -0.4 is 5.32 Å². The molecule has 4 nitrogen and oxygen atoms in total. The highest BCUT2D eigenvalue weighted by Crippen LogP contribution is 2.26. The number of aromatic nitrogens is 1. The van der Waals surface area contributed by atoms with Gasteiger partial charge in [-0.25, -0.2) is 9.37 Å². The summed E-state index contributed by atoms with van der Waals surface area (Å²) >= 11 is 11.8. The molecule has 0 atom stereocenters. The predicted molar refractivity (Wildman–Crippen MR) is 95.3 cm³/mol. The smallest absolute Gasteiger partial charge is 0.224 e. The van der Waals surface area contributed by atoms with E-state index in [1.165, 1.54) is 12.3 Å². The Morgan fingerprint density at radius 1 is 1.20 bits per heavy atom. The van der Waals surface area contributed by atoms with Gasteiger partial charge in [0.1, 0.15) is 5.82 Å². The first kappa shape index (κ1) is 17.5. The van der Waals surface area contributed by atoms with Crippen LogP contribution in [0.25, 0.3) is 11.3 Å². The topological polar surface area (TPSA) is 55.1 Å². The third-order valence-electron chi connectivity index (χ3n) is 3.46. The maximum absolute atomic E-state index is 13.7. The minimum Gasteiger partial charge on any atom is -0.441 e. The van der Waals surface area contributed by atoms with E-state index in [1.807, 2.05) is 0 Å². The Morgan fingerprint density at radius 3 is 2.76 bits per heavy atom. The van der Waals surface area contributed by atoms with Crippen molar-refractivity contribution in [2.45, 2.75) is 12.8 Å². The molecule has 1 aromatic heterocycles. The molecule has 25 heavy (non-hydrogen) atoms. The summed E-state index contributed by atoms with van der Waals surface area (Å²) < 4.78 is 19.2. The van der Waals surface area contributed by atoms with Gasteiger partial charge < -0.3 is 9.73 Å². The number of amides is 1. The van der Waals surface area contributed by atoms with Crippen molar-refractivity contribution < 1.29 is 13.6 Å². The Kier molecular flexibility index (Phi) is 5.36. The molecule has 0 saturated carbocycles. The number of aryl methyl sites for hydroxylation is 1. The number of halogens is 3.